The smallest absolute Gasteiger partial charge is 0.262 e. The SMILES string of the molecule is O=C(COc1cc(Cl)c(Cl)cc1Cl)Nc1ccc2c(c1)Cc1ccccc1-2. The minimum absolute atomic E-state index is 0.186. The van der Waals surface area contributed by atoms with Crippen LogP contribution in [0.2, 0.25) is 15.1 Å². The summed E-state index contributed by atoms with van der Waals surface area (Å²) in [5.74, 6) is 0.0261. The third-order valence-electron chi connectivity index (χ3n) is 4.41. The van der Waals surface area contributed by atoms with Crippen molar-refractivity contribution in [2.45, 2.75) is 6.42 Å². The van der Waals surface area contributed by atoms with E-state index in [-0.39, 0.29) is 12.5 Å². The molecule has 0 bridgehead atoms. The molecular formula is C21H14Cl3NO2. The minimum atomic E-state index is -0.285. The third kappa shape index (κ3) is 3.77. The maximum absolute atomic E-state index is 12.2. The Labute approximate surface area is 171 Å². The molecule has 3 nitrogen and oxygen atoms in total. The van der Waals surface area contributed by atoms with Crippen LogP contribution >= 0.6 is 34.8 Å². The van der Waals surface area contributed by atoms with Gasteiger partial charge >= 0.3 is 0 Å². The van der Waals surface area contributed by atoms with Crippen molar-refractivity contribution in [2.75, 3.05) is 11.9 Å². The van der Waals surface area contributed by atoms with Crippen LogP contribution in [0.3, 0.4) is 0 Å². The van der Waals surface area contributed by atoms with Crippen molar-refractivity contribution in [2.24, 2.45) is 0 Å². The number of anilines is 1. The van der Waals surface area contributed by atoms with Crippen LogP contribution in [-0.4, -0.2) is 12.5 Å². The first-order valence-corrected chi connectivity index (χ1v) is 9.43. The van der Waals surface area contributed by atoms with Crippen molar-refractivity contribution in [1.82, 2.24) is 0 Å². The van der Waals surface area contributed by atoms with Gasteiger partial charge in [-0.3, -0.25) is 4.79 Å². The average molecular weight is 419 g/mol. The molecule has 0 radical (unpaired) electrons. The fraction of sp³-hybridized carbons (Fsp3) is 0.0952. The fourth-order valence-corrected chi connectivity index (χ4v) is 3.77. The van der Waals surface area contributed by atoms with Crippen molar-refractivity contribution in [3.8, 4) is 16.9 Å². The highest BCUT2D eigenvalue weighted by molar-refractivity contribution is 6.43. The summed E-state index contributed by atoms with van der Waals surface area (Å²) in [4.78, 5) is 12.2. The summed E-state index contributed by atoms with van der Waals surface area (Å²) in [6.07, 6.45) is 0.866. The summed E-state index contributed by atoms with van der Waals surface area (Å²) in [6.45, 7) is -0.186. The van der Waals surface area contributed by atoms with E-state index in [0.717, 1.165) is 12.1 Å². The number of fused-ring (bicyclic) bond motifs is 3. The van der Waals surface area contributed by atoms with Gasteiger partial charge in [0.1, 0.15) is 5.75 Å². The van der Waals surface area contributed by atoms with Gasteiger partial charge in [0.15, 0.2) is 6.61 Å². The zero-order chi connectivity index (χ0) is 19.0. The molecule has 1 aliphatic rings. The van der Waals surface area contributed by atoms with Gasteiger partial charge < -0.3 is 10.1 Å². The van der Waals surface area contributed by atoms with Crippen LogP contribution in [-0.2, 0) is 11.2 Å². The molecule has 0 fully saturated rings. The Balaban J connectivity index is 1.42. The lowest BCUT2D eigenvalue weighted by molar-refractivity contribution is -0.118. The fourth-order valence-electron chi connectivity index (χ4n) is 3.18. The molecule has 0 spiro atoms. The largest absolute Gasteiger partial charge is 0.482 e. The third-order valence-corrected chi connectivity index (χ3v) is 5.43. The number of carbonyl (C=O) groups is 1. The lowest BCUT2D eigenvalue weighted by atomic mass is 10.1. The second kappa shape index (κ2) is 7.43. The number of benzene rings is 3. The molecule has 27 heavy (non-hydrogen) atoms. The van der Waals surface area contributed by atoms with Crippen molar-refractivity contribution >= 4 is 46.4 Å². The molecule has 1 amide bonds. The highest BCUT2D eigenvalue weighted by Gasteiger charge is 2.18. The quantitative estimate of drug-likeness (QED) is 0.399. The van der Waals surface area contributed by atoms with Crippen molar-refractivity contribution < 1.29 is 9.53 Å². The normalized spacial score (nSPS) is 11.7. The van der Waals surface area contributed by atoms with Crippen molar-refractivity contribution in [3.63, 3.8) is 0 Å². The zero-order valence-electron chi connectivity index (χ0n) is 14.1. The monoisotopic (exact) mass is 417 g/mol. The summed E-state index contributed by atoms with van der Waals surface area (Å²) < 4.78 is 5.46. The first-order chi connectivity index (χ1) is 13.0. The maximum atomic E-state index is 12.2. The van der Waals surface area contributed by atoms with Gasteiger partial charge in [0.05, 0.1) is 15.1 Å². The van der Waals surface area contributed by atoms with E-state index in [4.69, 9.17) is 39.5 Å². The second-order valence-electron chi connectivity index (χ2n) is 6.24. The van der Waals surface area contributed by atoms with Gasteiger partial charge in [-0.15, -0.1) is 0 Å². The van der Waals surface area contributed by atoms with E-state index in [9.17, 15) is 4.79 Å². The van der Waals surface area contributed by atoms with Crippen LogP contribution in [0.5, 0.6) is 5.75 Å². The van der Waals surface area contributed by atoms with Crippen LogP contribution < -0.4 is 10.1 Å². The van der Waals surface area contributed by atoms with E-state index in [2.05, 4.69) is 17.4 Å². The highest BCUT2D eigenvalue weighted by atomic mass is 35.5. The molecule has 4 rings (SSSR count). The number of amides is 1. The Morgan fingerprint density at radius 3 is 2.48 bits per heavy atom. The molecule has 0 atom stereocenters. The van der Waals surface area contributed by atoms with E-state index in [0.29, 0.717) is 20.8 Å². The average Bonchev–Trinajstić information content (AvgIpc) is 3.01. The molecule has 136 valence electrons. The van der Waals surface area contributed by atoms with E-state index in [1.165, 1.54) is 34.4 Å². The molecule has 0 heterocycles. The molecule has 0 unspecified atom stereocenters. The van der Waals surface area contributed by atoms with Gasteiger partial charge in [0.2, 0.25) is 0 Å². The van der Waals surface area contributed by atoms with Crippen LogP contribution in [0, 0.1) is 0 Å². The Bertz CT molecular complexity index is 1050. The standard InChI is InChI=1S/C21H14Cl3NO2/c22-17-9-19(24)20(10-18(17)23)27-11-21(26)25-14-5-6-16-13(8-14)7-12-3-1-2-4-15(12)16/h1-6,8-10H,7,11H2,(H,25,26). The number of carbonyl (C=O) groups excluding carboxylic acids is 1. The van der Waals surface area contributed by atoms with E-state index >= 15 is 0 Å². The van der Waals surface area contributed by atoms with E-state index < -0.39 is 0 Å². The predicted molar refractivity (Wildman–Crippen MR) is 110 cm³/mol. The second-order valence-corrected chi connectivity index (χ2v) is 7.46. The highest BCUT2D eigenvalue weighted by Crippen LogP contribution is 2.37. The number of ether oxygens (including phenoxy) is 1. The van der Waals surface area contributed by atoms with Gasteiger partial charge in [0, 0.05) is 11.8 Å². The van der Waals surface area contributed by atoms with Crippen LogP contribution in [0.25, 0.3) is 11.1 Å². The maximum Gasteiger partial charge on any atom is 0.262 e. The Morgan fingerprint density at radius 2 is 1.63 bits per heavy atom. The lowest BCUT2D eigenvalue weighted by Gasteiger charge is -2.11. The molecule has 1 aliphatic carbocycles. The molecule has 0 aromatic heterocycles. The summed E-state index contributed by atoms with van der Waals surface area (Å²) >= 11 is 17.9. The Hall–Kier alpha value is -2.20. The van der Waals surface area contributed by atoms with Crippen LogP contribution in [0.1, 0.15) is 11.1 Å². The molecule has 0 saturated carbocycles. The molecule has 3 aromatic carbocycles. The predicted octanol–water partition coefficient (Wildman–Crippen LogP) is 6.24. The molecule has 1 N–H and O–H groups in total. The summed E-state index contributed by atoms with van der Waals surface area (Å²) in [6, 6.07) is 17.2. The van der Waals surface area contributed by atoms with Crippen LogP contribution in [0.4, 0.5) is 5.69 Å². The van der Waals surface area contributed by atoms with E-state index in [1.54, 1.807) is 0 Å². The molecule has 0 saturated heterocycles. The lowest BCUT2D eigenvalue weighted by Crippen LogP contribution is -2.20. The zero-order valence-corrected chi connectivity index (χ0v) is 16.3. The molecule has 3 aromatic rings. The van der Waals surface area contributed by atoms with Gasteiger partial charge in [-0.2, -0.15) is 0 Å². The summed E-state index contributed by atoms with van der Waals surface area (Å²) in [5.41, 5.74) is 5.69. The number of rotatable bonds is 4. The first kappa shape index (κ1) is 18.2. The topological polar surface area (TPSA) is 38.3 Å². The minimum Gasteiger partial charge on any atom is -0.482 e. The van der Waals surface area contributed by atoms with E-state index in [1.807, 2.05) is 30.3 Å². The van der Waals surface area contributed by atoms with Crippen molar-refractivity contribution in [1.29, 1.82) is 0 Å². The number of nitrogens with one attached hydrogen (secondary N) is 1. The van der Waals surface area contributed by atoms with Gasteiger partial charge in [0.25, 0.3) is 5.91 Å². The van der Waals surface area contributed by atoms with Gasteiger partial charge in [-0.25, -0.2) is 0 Å². The number of hydrogen-bond acceptors (Lipinski definition) is 2. The molecular weight excluding hydrogens is 405 g/mol. The number of hydrogen-bond donors (Lipinski definition) is 1. The van der Waals surface area contributed by atoms with Crippen LogP contribution in [0.15, 0.2) is 54.6 Å². The first-order valence-electron chi connectivity index (χ1n) is 8.29. The van der Waals surface area contributed by atoms with Gasteiger partial charge in [-0.05, 0) is 46.9 Å². The van der Waals surface area contributed by atoms with Crippen molar-refractivity contribution in [3.05, 3.63) is 80.8 Å². The Kier molecular flexibility index (Phi) is 5.00. The molecule has 6 heteroatoms. The number of halogens is 3. The Morgan fingerprint density at radius 1 is 0.889 bits per heavy atom. The summed E-state index contributed by atoms with van der Waals surface area (Å²) in [5, 5.41) is 3.79. The van der Waals surface area contributed by atoms with Gasteiger partial charge in [-0.1, -0.05) is 65.1 Å². The summed E-state index contributed by atoms with van der Waals surface area (Å²) in [7, 11) is 0. The molecule has 0 aliphatic heterocycles.